The molecule has 0 bridgehead atoms. The maximum atomic E-state index is 13.8. The highest BCUT2D eigenvalue weighted by Crippen LogP contribution is 2.43. The molecule has 0 atom stereocenters. The first-order valence-corrected chi connectivity index (χ1v) is 11.1. The van der Waals surface area contributed by atoms with Gasteiger partial charge in [-0.15, -0.1) is 0 Å². The number of hydrogen-bond donors (Lipinski definition) is 1. The zero-order chi connectivity index (χ0) is 22.7. The summed E-state index contributed by atoms with van der Waals surface area (Å²) in [5.41, 5.74) is 11.1. The van der Waals surface area contributed by atoms with Crippen molar-refractivity contribution < 1.29 is 0 Å². The summed E-state index contributed by atoms with van der Waals surface area (Å²) in [6, 6.07) is 13.6. The summed E-state index contributed by atoms with van der Waals surface area (Å²) < 4.78 is 3.51. The van der Waals surface area contributed by atoms with Crippen LogP contribution >= 0.6 is 0 Å². The van der Waals surface area contributed by atoms with Gasteiger partial charge in [-0.3, -0.25) is 9.36 Å². The molecule has 0 radical (unpaired) electrons. The van der Waals surface area contributed by atoms with Crippen LogP contribution in [-0.2, 0) is 6.54 Å². The molecule has 5 aromatic rings. The van der Waals surface area contributed by atoms with Crippen LogP contribution in [0.4, 0.5) is 5.82 Å². The van der Waals surface area contributed by atoms with Gasteiger partial charge >= 0.3 is 0 Å². The SMILES string of the molecule is Cc1ccccc1-n1c(Cn2nc(C3CC3)c3c(N)ncnc32)nc2cccc(C)c2c1=O. The molecule has 3 heterocycles. The van der Waals surface area contributed by atoms with Crippen molar-refractivity contribution in [1.82, 2.24) is 29.3 Å². The van der Waals surface area contributed by atoms with Crippen molar-refractivity contribution in [2.45, 2.75) is 39.2 Å². The van der Waals surface area contributed by atoms with Crippen LogP contribution in [-0.4, -0.2) is 29.3 Å². The second kappa shape index (κ2) is 7.23. The second-order valence-corrected chi connectivity index (χ2v) is 8.70. The van der Waals surface area contributed by atoms with E-state index in [0.717, 1.165) is 40.7 Å². The molecule has 0 aliphatic heterocycles. The van der Waals surface area contributed by atoms with Gasteiger partial charge in [0, 0.05) is 5.92 Å². The molecular weight excluding hydrogens is 414 g/mol. The zero-order valence-corrected chi connectivity index (χ0v) is 18.5. The lowest BCUT2D eigenvalue weighted by molar-refractivity contribution is 0.639. The molecule has 2 aromatic carbocycles. The standard InChI is InChI=1S/C25H23N7O/c1-14-6-3-4-9-18(14)32-19(29-17-8-5-7-15(2)20(17)25(32)33)12-31-24-21(23(26)27-13-28-24)22(30-31)16-10-11-16/h3-9,13,16H,10-12H2,1-2H3,(H2,26,27,28). The summed E-state index contributed by atoms with van der Waals surface area (Å²) in [6.45, 7) is 4.22. The van der Waals surface area contributed by atoms with Crippen molar-refractivity contribution in [3.05, 3.63) is 81.8 Å². The van der Waals surface area contributed by atoms with E-state index in [1.165, 1.54) is 6.33 Å². The van der Waals surface area contributed by atoms with E-state index in [4.69, 9.17) is 15.8 Å². The Balaban J connectivity index is 1.63. The van der Waals surface area contributed by atoms with E-state index in [1.54, 1.807) is 9.25 Å². The average molecular weight is 438 g/mol. The third-order valence-electron chi connectivity index (χ3n) is 6.37. The topological polar surface area (TPSA) is 105 Å². The fraction of sp³-hybridized carbons (Fsp3) is 0.240. The quantitative estimate of drug-likeness (QED) is 0.460. The van der Waals surface area contributed by atoms with E-state index in [1.807, 2.05) is 56.3 Å². The van der Waals surface area contributed by atoms with Gasteiger partial charge in [0.15, 0.2) is 5.65 Å². The number of nitrogen functional groups attached to an aromatic ring is 1. The molecule has 6 rings (SSSR count). The number of nitrogens with zero attached hydrogens (tertiary/aromatic N) is 6. The van der Waals surface area contributed by atoms with Gasteiger partial charge in [-0.2, -0.15) is 5.10 Å². The lowest BCUT2D eigenvalue weighted by atomic mass is 10.1. The molecule has 1 aliphatic carbocycles. The normalized spacial score (nSPS) is 13.8. The molecule has 2 N–H and O–H groups in total. The molecule has 0 spiro atoms. The summed E-state index contributed by atoms with van der Waals surface area (Å²) in [5, 5.41) is 6.30. The Morgan fingerprint density at radius 3 is 2.58 bits per heavy atom. The summed E-state index contributed by atoms with van der Waals surface area (Å²) in [4.78, 5) is 27.4. The van der Waals surface area contributed by atoms with Crippen LogP contribution < -0.4 is 11.3 Å². The summed E-state index contributed by atoms with van der Waals surface area (Å²) in [5.74, 6) is 1.41. The predicted molar refractivity (Wildman–Crippen MR) is 128 cm³/mol. The molecule has 1 aliphatic rings. The van der Waals surface area contributed by atoms with Crippen LogP contribution in [0.2, 0.25) is 0 Å². The van der Waals surface area contributed by atoms with Gasteiger partial charge in [0.1, 0.15) is 24.5 Å². The number of benzene rings is 2. The molecular formula is C25H23N7O. The third kappa shape index (κ3) is 3.09. The van der Waals surface area contributed by atoms with Crippen LogP contribution in [0.15, 0.2) is 53.6 Å². The van der Waals surface area contributed by atoms with Crippen molar-refractivity contribution in [3.8, 4) is 5.69 Å². The van der Waals surface area contributed by atoms with E-state index >= 15 is 0 Å². The van der Waals surface area contributed by atoms with Crippen LogP contribution in [0.3, 0.4) is 0 Å². The van der Waals surface area contributed by atoms with Crippen molar-refractivity contribution in [1.29, 1.82) is 0 Å². The van der Waals surface area contributed by atoms with Gasteiger partial charge in [-0.25, -0.2) is 19.6 Å². The Kier molecular flexibility index (Phi) is 4.29. The predicted octanol–water partition coefficient (Wildman–Crippen LogP) is 3.65. The largest absolute Gasteiger partial charge is 0.383 e. The smallest absolute Gasteiger partial charge is 0.266 e. The van der Waals surface area contributed by atoms with Gasteiger partial charge in [-0.1, -0.05) is 30.3 Å². The first-order valence-electron chi connectivity index (χ1n) is 11.1. The third-order valence-corrected chi connectivity index (χ3v) is 6.37. The van der Waals surface area contributed by atoms with E-state index in [-0.39, 0.29) is 12.1 Å². The van der Waals surface area contributed by atoms with Gasteiger partial charge in [-0.05, 0) is 49.9 Å². The van der Waals surface area contributed by atoms with Gasteiger partial charge < -0.3 is 5.73 Å². The lowest BCUT2D eigenvalue weighted by Crippen LogP contribution is -2.26. The van der Waals surface area contributed by atoms with Crippen LogP contribution in [0.25, 0.3) is 27.6 Å². The fourth-order valence-corrected chi connectivity index (χ4v) is 4.56. The maximum Gasteiger partial charge on any atom is 0.266 e. The Labute approximate surface area is 189 Å². The van der Waals surface area contributed by atoms with Crippen LogP contribution in [0, 0.1) is 13.8 Å². The number of anilines is 1. The molecule has 3 aromatic heterocycles. The Hall–Kier alpha value is -4.07. The van der Waals surface area contributed by atoms with E-state index < -0.39 is 0 Å². The highest BCUT2D eigenvalue weighted by molar-refractivity contribution is 5.89. The minimum absolute atomic E-state index is 0.0876. The van der Waals surface area contributed by atoms with E-state index in [2.05, 4.69) is 9.97 Å². The zero-order valence-electron chi connectivity index (χ0n) is 18.5. The molecule has 0 unspecified atom stereocenters. The molecule has 1 saturated carbocycles. The summed E-state index contributed by atoms with van der Waals surface area (Å²) in [7, 11) is 0. The lowest BCUT2D eigenvalue weighted by Gasteiger charge is -2.16. The van der Waals surface area contributed by atoms with Crippen LogP contribution in [0.1, 0.15) is 41.4 Å². The number of fused-ring (bicyclic) bond motifs is 2. The average Bonchev–Trinajstić information content (AvgIpc) is 3.57. The number of rotatable bonds is 4. The summed E-state index contributed by atoms with van der Waals surface area (Å²) >= 11 is 0. The van der Waals surface area contributed by atoms with Crippen molar-refractivity contribution in [3.63, 3.8) is 0 Å². The van der Waals surface area contributed by atoms with Gasteiger partial charge in [0.25, 0.3) is 5.56 Å². The first-order chi connectivity index (χ1) is 16.0. The highest BCUT2D eigenvalue weighted by Gasteiger charge is 2.31. The monoisotopic (exact) mass is 437 g/mol. The number of hydrogen-bond acceptors (Lipinski definition) is 6. The molecule has 0 saturated heterocycles. The molecule has 0 amide bonds. The van der Waals surface area contributed by atoms with E-state index in [0.29, 0.717) is 34.1 Å². The first kappa shape index (κ1) is 19.6. The second-order valence-electron chi connectivity index (χ2n) is 8.70. The Morgan fingerprint density at radius 1 is 1.00 bits per heavy atom. The van der Waals surface area contributed by atoms with Crippen LogP contribution in [0.5, 0.6) is 0 Å². The minimum atomic E-state index is -0.0876. The summed E-state index contributed by atoms with van der Waals surface area (Å²) in [6.07, 6.45) is 3.63. The van der Waals surface area contributed by atoms with Crippen molar-refractivity contribution >= 4 is 27.8 Å². The number of aryl methyl sites for hydroxylation is 2. The highest BCUT2D eigenvalue weighted by atomic mass is 16.1. The minimum Gasteiger partial charge on any atom is -0.383 e. The molecule has 164 valence electrons. The Morgan fingerprint density at radius 2 is 1.79 bits per heavy atom. The van der Waals surface area contributed by atoms with Gasteiger partial charge in [0.05, 0.1) is 27.7 Å². The molecule has 8 nitrogen and oxygen atoms in total. The van der Waals surface area contributed by atoms with Crippen molar-refractivity contribution in [2.75, 3.05) is 5.73 Å². The molecule has 8 heteroatoms. The number of para-hydroxylation sites is 1. The Bertz CT molecular complexity index is 1610. The number of aromatic nitrogens is 6. The molecule has 33 heavy (non-hydrogen) atoms. The van der Waals surface area contributed by atoms with Crippen molar-refractivity contribution in [2.24, 2.45) is 0 Å². The maximum absolute atomic E-state index is 13.8. The number of nitrogens with two attached hydrogens (primary N) is 1. The van der Waals surface area contributed by atoms with E-state index in [9.17, 15) is 4.79 Å². The molecule has 1 fully saturated rings. The van der Waals surface area contributed by atoms with Gasteiger partial charge in [0.2, 0.25) is 0 Å². The fourth-order valence-electron chi connectivity index (χ4n) is 4.56.